The number of H-pyrrole nitrogens is 1. The highest BCUT2D eigenvalue weighted by atomic mass is 19.1. The van der Waals surface area contributed by atoms with Gasteiger partial charge in [-0.25, -0.2) is 8.78 Å². The highest BCUT2D eigenvalue weighted by Gasteiger charge is 2.28. The van der Waals surface area contributed by atoms with E-state index in [4.69, 9.17) is 4.74 Å². The number of nitrogens with zero attached hydrogens (tertiary/aromatic N) is 4. The largest absolute Gasteiger partial charge is 0.381 e. The fraction of sp³-hybridized carbons (Fsp3) is 0.408. The second kappa shape index (κ2) is 21.1. The molecule has 0 spiro atoms. The summed E-state index contributed by atoms with van der Waals surface area (Å²) in [5, 5.41) is 20.2. The third-order valence-electron chi connectivity index (χ3n) is 12.8. The van der Waals surface area contributed by atoms with Gasteiger partial charge in [0.1, 0.15) is 17.7 Å². The number of carbonyl (C=O) groups excluding carboxylic acids is 4. The number of anilines is 4. The van der Waals surface area contributed by atoms with E-state index >= 15 is 0 Å². The lowest BCUT2D eigenvalue weighted by molar-refractivity contribution is -0.134. The van der Waals surface area contributed by atoms with Crippen LogP contribution in [-0.4, -0.2) is 122 Å². The third-order valence-corrected chi connectivity index (χ3v) is 12.8. The number of fused-ring (bicyclic) bond motifs is 1. The first kappa shape index (κ1) is 45.2. The van der Waals surface area contributed by atoms with Gasteiger partial charge in [-0.1, -0.05) is 18.2 Å². The SMILES string of the molecule is CNc1n[nH]c2ccc(Cc3cc(F)cc(F)c3)cc12.O=Cc1ccc(N2CCN(CC(=O)N3CCC(c4ccc(NC5CCC(=O)NC5=O)cc4)CC3)CC2)cc1NC1CCOCC1. The van der Waals surface area contributed by atoms with E-state index in [9.17, 15) is 28.0 Å². The van der Waals surface area contributed by atoms with Crippen LogP contribution in [0.1, 0.15) is 71.5 Å². The molecule has 5 heterocycles. The molecule has 65 heavy (non-hydrogen) atoms. The van der Waals surface area contributed by atoms with E-state index in [0.29, 0.717) is 48.9 Å². The summed E-state index contributed by atoms with van der Waals surface area (Å²) < 4.78 is 31.8. The minimum atomic E-state index is -0.555. The number of aldehydes is 1. The molecule has 3 amide bonds. The lowest BCUT2D eigenvalue weighted by Gasteiger charge is -2.38. The Kier molecular flexibility index (Phi) is 14.6. The Morgan fingerprint density at radius 3 is 2.26 bits per heavy atom. The molecule has 5 aromatic rings. The molecule has 0 saturated carbocycles. The van der Waals surface area contributed by atoms with Crippen molar-refractivity contribution in [2.24, 2.45) is 0 Å². The highest BCUT2D eigenvalue weighted by molar-refractivity contribution is 6.01. The molecule has 9 rings (SSSR count). The predicted molar refractivity (Wildman–Crippen MR) is 248 cm³/mol. The number of aromatic amines is 1. The highest BCUT2D eigenvalue weighted by Crippen LogP contribution is 2.30. The quantitative estimate of drug-likeness (QED) is 0.0705. The van der Waals surface area contributed by atoms with Gasteiger partial charge >= 0.3 is 0 Å². The second-order valence-electron chi connectivity index (χ2n) is 17.3. The summed E-state index contributed by atoms with van der Waals surface area (Å²) >= 11 is 0. The van der Waals surface area contributed by atoms with Crippen molar-refractivity contribution in [1.29, 1.82) is 0 Å². The van der Waals surface area contributed by atoms with Crippen LogP contribution in [0.25, 0.3) is 10.9 Å². The summed E-state index contributed by atoms with van der Waals surface area (Å²) in [6.07, 6.45) is 5.97. The Morgan fingerprint density at radius 2 is 1.57 bits per heavy atom. The van der Waals surface area contributed by atoms with E-state index < -0.39 is 17.7 Å². The minimum absolute atomic E-state index is 0.198. The van der Waals surface area contributed by atoms with Crippen LogP contribution in [0.2, 0.25) is 0 Å². The number of piperazine rings is 1. The molecule has 4 fully saturated rings. The van der Waals surface area contributed by atoms with Crippen molar-refractivity contribution in [2.75, 3.05) is 86.9 Å². The first-order chi connectivity index (χ1) is 31.6. The molecule has 1 atom stereocenters. The molecule has 1 unspecified atom stereocenters. The molecule has 1 aromatic heterocycles. The normalized spacial score (nSPS) is 18.7. The van der Waals surface area contributed by atoms with Crippen LogP contribution in [0.15, 0.2) is 78.9 Å². The van der Waals surface area contributed by atoms with E-state index in [1.165, 1.54) is 17.7 Å². The number of amides is 3. The predicted octanol–water partition coefficient (Wildman–Crippen LogP) is 6.31. The lowest BCUT2D eigenvalue weighted by Crippen LogP contribution is -2.51. The van der Waals surface area contributed by atoms with Crippen molar-refractivity contribution in [1.82, 2.24) is 25.3 Å². The molecule has 4 aliphatic rings. The summed E-state index contributed by atoms with van der Waals surface area (Å²) in [6, 6.07) is 23.5. The number of carbonyl (C=O) groups is 4. The van der Waals surface area contributed by atoms with Crippen molar-refractivity contribution < 1.29 is 32.7 Å². The van der Waals surface area contributed by atoms with Crippen molar-refractivity contribution >= 4 is 57.8 Å². The number of rotatable bonds is 12. The van der Waals surface area contributed by atoms with Crippen molar-refractivity contribution in [3.63, 3.8) is 0 Å². The van der Waals surface area contributed by atoms with Gasteiger partial charge in [-0.3, -0.25) is 34.5 Å². The Labute approximate surface area is 377 Å². The topological polar surface area (TPSA) is 164 Å². The number of piperidine rings is 2. The van der Waals surface area contributed by atoms with Gasteiger partial charge in [0.15, 0.2) is 12.1 Å². The van der Waals surface area contributed by atoms with Crippen molar-refractivity contribution in [2.45, 2.75) is 62.9 Å². The van der Waals surface area contributed by atoms with E-state index in [-0.39, 0.29) is 17.7 Å². The summed E-state index contributed by atoms with van der Waals surface area (Å²) in [6.45, 7) is 6.75. The number of imide groups is 1. The number of benzene rings is 4. The van der Waals surface area contributed by atoms with E-state index in [0.717, 1.165) is 130 Å². The summed E-state index contributed by atoms with van der Waals surface area (Å²) in [7, 11) is 1.80. The molecular formula is C49H57F2N9O5. The number of hydrogen-bond acceptors (Lipinski definition) is 11. The molecule has 0 aliphatic carbocycles. The second-order valence-corrected chi connectivity index (χ2v) is 17.3. The minimum Gasteiger partial charge on any atom is -0.381 e. The van der Waals surface area contributed by atoms with Crippen molar-refractivity contribution in [3.05, 3.63) is 113 Å². The zero-order valence-electron chi connectivity index (χ0n) is 36.7. The Balaban J connectivity index is 0.000000239. The molecule has 0 bridgehead atoms. The van der Waals surface area contributed by atoms with E-state index in [1.54, 1.807) is 7.05 Å². The van der Waals surface area contributed by atoms with Crippen LogP contribution in [0.4, 0.5) is 31.7 Å². The maximum atomic E-state index is 13.2. The van der Waals surface area contributed by atoms with Crippen LogP contribution >= 0.6 is 0 Å². The molecule has 14 nitrogen and oxygen atoms in total. The fourth-order valence-electron chi connectivity index (χ4n) is 9.14. The lowest BCUT2D eigenvalue weighted by atomic mass is 9.89. The summed E-state index contributed by atoms with van der Waals surface area (Å²) in [5.41, 5.74) is 7.28. The standard InChI is InChI=1S/C34H44N6O5.C15H13F2N3/c41-23-26-3-6-29(21-31(26)36-28-11-19-45-20-12-28)39-17-15-38(16-18-39)22-33(43)40-13-9-25(10-14-40)24-1-4-27(5-2-24)35-30-7-8-32(42)37-34(30)44;1-18-15-13-7-9(2-3-14(13)19-20-15)4-10-5-11(16)8-12(17)6-10/h1-6,21,23,25,28,30,35-36H,7-20,22H2,(H,37,42,44);2-3,5-8H,4H2,1H3,(H2,18,19,20). The average molecular weight is 890 g/mol. The first-order valence-corrected chi connectivity index (χ1v) is 22.6. The van der Waals surface area contributed by atoms with E-state index in [1.807, 2.05) is 47.4 Å². The summed E-state index contributed by atoms with van der Waals surface area (Å²) in [5.74, 6) is -0.240. The van der Waals surface area contributed by atoms with Crippen LogP contribution < -0.4 is 26.2 Å². The maximum absolute atomic E-state index is 13.2. The molecule has 4 saturated heterocycles. The molecular weight excluding hydrogens is 833 g/mol. The molecule has 4 aliphatic heterocycles. The first-order valence-electron chi connectivity index (χ1n) is 22.6. The molecule has 16 heteroatoms. The maximum Gasteiger partial charge on any atom is 0.249 e. The van der Waals surface area contributed by atoms with Gasteiger partial charge < -0.3 is 30.5 Å². The number of likely N-dealkylation sites (tertiary alicyclic amines) is 1. The van der Waals surface area contributed by atoms with Crippen LogP contribution in [0.5, 0.6) is 0 Å². The van der Waals surface area contributed by atoms with Crippen LogP contribution in [-0.2, 0) is 25.5 Å². The monoisotopic (exact) mass is 889 g/mol. The molecule has 5 N–H and O–H groups in total. The molecule has 4 aromatic carbocycles. The van der Waals surface area contributed by atoms with Gasteiger partial charge in [-0.15, -0.1) is 0 Å². The smallest absolute Gasteiger partial charge is 0.249 e. The number of hydrogen-bond donors (Lipinski definition) is 5. The average Bonchev–Trinajstić information content (AvgIpc) is 3.73. The van der Waals surface area contributed by atoms with Gasteiger partial charge in [0.25, 0.3) is 0 Å². The molecule has 0 radical (unpaired) electrons. The van der Waals surface area contributed by atoms with Gasteiger partial charge in [0, 0.05) is 106 Å². The van der Waals surface area contributed by atoms with Gasteiger partial charge in [-0.2, -0.15) is 5.10 Å². The van der Waals surface area contributed by atoms with Gasteiger partial charge in [0.05, 0.1) is 12.1 Å². The number of ether oxygens (including phenoxy) is 1. The van der Waals surface area contributed by atoms with E-state index in [2.05, 4.69) is 59.5 Å². The number of nitrogens with one attached hydrogen (secondary N) is 5. The fourth-order valence-corrected chi connectivity index (χ4v) is 9.14. The van der Waals surface area contributed by atoms with Crippen molar-refractivity contribution in [3.8, 4) is 0 Å². The van der Waals surface area contributed by atoms with Crippen LogP contribution in [0.3, 0.4) is 0 Å². The van der Waals surface area contributed by atoms with Gasteiger partial charge in [0.2, 0.25) is 17.7 Å². The Morgan fingerprint density at radius 1 is 0.831 bits per heavy atom. The van der Waals surface area contributed by atoms with Crippen LogP contribution in [0, 0.1) is 11.6 Å². The van der Waals surface area contributed by atoms with Gasteiger partial charge in [-0.05, 0) is 116 Å². The number of aromatic nitrogens is 2. The zero-order chi connectivity index (χ0) is 45.3. The Hall–Kier alpha value is -6.39. The third kappa shape index (κ3) is 11.7. The zero-order valence-corrected chi connectivity index (χ0v) is 36.7. The summed E-state index contributed by atoms with van der Waals surface area (Å²) in [4.78, 5) is 54.9. The molecule has 342 valence electrons. The number of halogens is 2. The Bertz CT molecular complexity index is 2440.